The quantitative estimate of drug-likeness (QED) is 0.319. The number of nitrogens with zero attached hydrogens (tertiary/aromatic N) is 4. The average molecular weight is 472 g/mol. The van der Waals surface area contributed by atoms with Crippen LogP contribution >= 0.6 is 23.4 Å². The first-order valence-electron chi connectivity index (χ1n) is 10.3. The predicted octanol–water partition coefficient (Wildman–Crippen LogP) is 4.00. The van der Waals surface area contributed by atoms with Crippen LogP contribution in [0.3, 0.4) is 0 Å². The molecule has 0 radical (unpaired) electrons. The van der Waals surface area contributed by atoms with Gasteiger partial charge in [-0.05, 0) is 17.7 Å². The number of benzene rings is 2. The topological polar surface area (TPSA) is 61.4 Å². The maximum atomic E-state index is 14.1. The Morgan fingerprint density at radius 2 is 1.69 bits per heavy atom. The minimum Gasteiger partial charge on any atom is -0.366 e. The van der Waals surface area contributed by atoms with Crippen LogP contribution in [0.4, 0.5) is 15.9 Å². The van der Waals surface area contributed by atoms with Gasteiger partial charge in [0.15, 0.2) is 5.16 Å². The number of carbonyl (C=O) groups excluding carboxylic acids is 1. The highest BCUT2D eigenvalue weighted by Gasteiger charge is 2.21. The van der Waals surface area contributed by atoms with Crippen LogP contribution in [-0.4, -0.2) is 47.8 Å². The number of para-hydroxylation sites is 1. The molecule has 1 aliphatic heterocycles. The molecule has 0 unspecified atom stereocenters. The lowest BCUT2D eigenvalue weighted by molar-refractivity contribution is -0.118. The standard InChI is InChI=1S/C23H23ClFN5OS/c24-20-14-21(30-12-10-29(11-13-30)19-9-5-4-8-18(19)25)28-23(27-20)32-16-22(31)26-15-17-6-2-1-3-7-17/h1-9,14H,10-13,15-16H2,(H,26,31). The molecule has 3 aromatic rings. The van der Waals surface area contributed by atoms with Gasteiger partial charge in [0.2, 0.25) is 5.91 Å². The van der Waals surface area contributed by atoms with Gasteiger partial charge < -0.3 is 15.1 Å². The van der Waals surface area contributed by atoms with Gasteiger partial charge in [-0.2, -0.15) is 0 Å². The molecule has 1 aromatic heterocycles. The second-order valence-corrected chi connectivity index (χ2v) is 8.64. The lowest BCUT2D eigenvalue weighted by Crippen LogP contribution is -2.47. The SMILES string of the molecule is O=C(CSc1nc(Cl)cc(N2CCN(c3ccccc3F)CC2)n1)NCc1ccccc1. The van der Waals surface area contributed by atoms with Crippen LogP contribution in [0, 0.1) is 5.82 Å². The Hall–Kier alpha value is -2.84. The molecular formula is C23H23ClFN5OS. The first-order valence-corrected chi connectivity index (χ1v) is 11.7. The van der Waals surface area contributed by atoms with Crippen LogP contribution in [0.5, 0.6) is 0 Å². The van der Waals surface area contributed by atoms with E-state index in [0.717, 1.165) is 5.56 Å². The summed E-state index contributed by atoms with van der Waals surface area (Å²) in [4.78, 5) is 25.2. The van der Waals surface area contributed by atoms with Crippen molar-refractivity contribution in [3.63, 3.8) is 0 Å². The van der Waals surface area contributed by atoms with E-state index in [4.69, 9.17) is 11.6 Å². The number of rotatable bonds is 7. The smallest absolute Gasteiger partial charge is 0.230 e. The van der Waals surface area contributed by atoms with Crippen molar-refractivity contribution in [1.29, 1.82) is 0 Å². The Bertz CT molecular complexity index is 1060. The number of amides is 1. The summed E-state index contributed by atoms with van der Waals surface area (Å²) in [7, 11) is 0. The van der Waals surface area contributed by atoms with Crippen molar-refractivity contribution in [3.05, 3.63) is 77.2 Å². The molecule has 1 fully saturated rings. The van der Waals surface area contributed by atoms with Crippen molar-refractivity contribution in [3.8, 4) is 0 Å². The summed E-state index contributed by atoms with van der Waals surface area (Å²) in [5.74, 6) is 0.608. The van der Waals surface area contributed by atoms with E-state index in [1.807, 2.05) is 41.3 Å². The minimum absolute atomic E-state index is 0.0949. The first-order chi connectivity index (χ1) is 15.6. The third kappa shape index (κ3) is 5.89. The molecule has 2 aromatic carbocycles. The van der Waals surface area contributed by atoms with E-state index in [2.05, 4.69) is 20.2 Å². The second-order valence-electron chi connectivity index (χ2n) is 7.31. The number of aromatic nitrogens is 2. The van der Waals surface area contributed by atoms with Crippen molar-refractivity contribution >= 4 is 40.8 Å². The van der Waals surface area contributed by atoms with Gasteiger partial charge in [0.25, 0.3) is 0 Å². The number of thioether (sulfide) groups is 1. The fourth-order valence-electron chi connectivity index (χ4n) is 3.47. The van der Waals surface area contributed by atoms with Crippen LogP contribution in [0.15, 0.2) is 65.8 Å². The van der Waals surface area contributed by atoms with Crippen molar-refractivity contribution in [2.24, 2.45) is 0 Å². The molecule has 9 heteroatoms. The summed E-state index contributed by atoms with van der Waals surface area (Å²) in [6.07, 6.45) is 0. The molecule has 0 atom stereocenters. The van der Waals surface area contributed by atoms with E-state index in [0.29, 0.717) is 54.5 Å². The summed E-state index contributed by atoms with van der Waals surface area (Å²) in [6, 6.07) is 18.3. The highest BCUT2D eigenvalue weighted by Crippen LogP contribution is 2.25. The van der Waals surface area contributed by atoms with Gasteiger partial charge in [-0.3, -0.25) is 4.79 Å². The van der Waals surface area contributed by atoms with Gasteiger partial charge in [0.1, 0.15) is 16.8 Å². The number of halogens is 2. The maximum Gasteiger partial charge on any atom is 0.230 e. The zero-order chi connectivity index (χ0) is 22.3. The normalized spacial score (nSPS) is 13.8. The van der Waals surface area contributed by atoms with Gasteiger partial charge in [0.05, 0.1) is 11.4 Å². The number of piperazine rings is 1. The van der Waals surface area contributed by atoms with Crippen LogP contribution in [0.1, 0.15) is 5.56 Å². The first kappa shape index (κ1) is 22.4. The van der Waals surface area contributed by atoms with Crippen LogP contribution < -0.4 is 15.1 Å². The molecule has 1 saturated heterocycles. The lowest BCUT2D eigenvalue weighted by atomic mass is 10.2. The lowest BCUT2D eigenvalue weighted by Gasteiger charge is -2.36. The Labute approximate surface area is 195 Å². The summed E-state index contributed by atoms with van der Waals surface area (Å²) < 4.78 is 14.1. The summed E-state index contributed by atoms with van der Waals surface area (Å²) in [5.41, 5.74) is 1.66. The van der Waals surface area contributed by atoms with Crippen molar-refractivity contribution < 1.29 is 9.18 Å². The summed E-state index contributed by atoms with van der Waals surface area (Å²) in [5, 5.41) is 3.68. The number of carbonyl (C=O) groups is 1. The molecule has 0 saturated carbocycles. The molecule has 1 aliphatic rings. The molecular weight excluding hydrogens is 449 g/mol. The van der Waals surface area contributed by atoms with Crippen LogP contribution in [0.25, 0.3) is 0 Å². The molecule has 4 rings (SSSR count). The largest absolute Gasteiger partial charge is 0.366 e. The number of hydrogen-bond acceptors (Lipinski definition) is 6. The number of nitrogens with one attached hydrogen (secondary N) is 1. The zero-order valence-corrected chi connectivity index (χ0v) is 18.9. The van der Waals surface area contributed by atoms with E-state index in [-0.39, 0.29) is 17.5 Å². The van der Waals surface area contributed by atoms with Gasteiger partial charge in [-0.25, -0.2) is 14.4 Å². The highest BCUT2D eigenvalue weighted by atomic mass is 35.5. The Morgan fingerprint density at radius 3 is 2.44 bits per heavy atom. The molecule has 2 heterocycles. The molecule has 1 amide bonds. The number of anilines is 2. The fraction of sp³-hybridized carbons (Fsp3) is 0.261. The highest BCUT2D eigenvalue weighted by molar-refractivity contribution is 7.99. The van der Waals surface area contributed by atoms with Crippen molar-refractivity contribution in [2.45, 2.75) is 11.7 Å². The fourth-order valence-corrected chi connectivity index (χ4v) is 4.39. The molecule has 32 heavy (non-hydrogen) atoms. The monoisotopic (exact) mass is 471 g/mol. The van der Waals surface area contributed by atoms with Crippen molar-refractivity contribution in [2.75, 3.05) is 41.7 Å². The predicted molar refractivity (Wildman–Crippen MR) is 127 cm³/mol. The van der Waals surface area contributed by atoms with E-state index in [1.165, 1.54) is 17.8 Å². The summed E-state index contributed by atoms with van der Waals surface area (Å²) in [6.45, 7) is 3.20. The van der Waals surface area contributed by atoms with E-state index in [1.54, 1.807) is 18.2 Å². The Kier molecular flexibility index (Phi) is 7.44. The maximum absolute atomic E-state index is 14.1. The molecule has 0 bridgehead atoms. The Balaban J connectivity index is 1.32. The second kappa shape index (κ2) is 10.7. The number of hydrogen-bond donors (Lipinski definition) is 1. The van der Waals surface area contributed by atoms with E-state index < -0.39 is 0 Å². The van der Waals surface area contributed by atoms with Crippen molar-refractivity contribution in [1.82, 2.24) is 15.3 Å². The van der Waals surface area contributed by atoms with E-state index in [9.17, 15) is 9.18 Å². The minimum atomic E-state index is -0.213. The summed E-state index contributed by atoms with van der Waals surface area (Å²) >= 11 is 7.47. The Morgan fingerprint density at radius 1 is 1.00 bits per heavy atom. The zero-order valence-electron chi connectivity index (χ0n) is 17.4. The molecule has 0 spiro atoms. The van der Waals surface area contributed by atoms with Gasteiger partial charge >= 0.3 is 0 Å². The molecule has 0 aliphatic carbocycles. The van der Waals surface area contributed by atoms with E-state index >= 15 is 0 Å². The van der Waals surface area contributed by atoms with Crippen LogP contribution in [0.2, 0.25) is 5.15 Å². The molecule has 6 nitrogen and oxygen atoms in total. The average Bonchev–Trinajstić information content (AvgIpc) is 2.82. The van der Waals surface area contributed by atoms with Gasteiger partial charge in [0, 0.05) is 38.8 Å². The third-order valence-corrected chi connectivity index (χ3v) is 6.16. The van der Waals surface area contributed by atoms with Crippen LogP contribution in [-0.2, 0) is 11.3 Å². The molecule has 166 valence electrons. The van der Waals surface area contributed by atoms with Gasteiger partial charge in [-0.1, -0.05) is 65.8 Å². The molecule has 1 N–H and O–H groups in total. The third-order valence-electron chi connectivity index (χ3n) is 5.12. The van der Waals surface area contributed by atoms with Gasteiger partial charge in [-0.15, -0.1) is 0 Å².